The number of aryl methyl sites for hydroxylation is 1. The average Bonchev–Trinajstić information content (AvgIpc) is 2.36. The maximum atomic E-state index is 6.15. The van der Waals surface area contributed by atoms with Crippen LogP contribution in [0.25, 0.3) is 0 Å². The van der Waals surface area contributed by atoms with Crippen molar-refractivity contribution < 1.29 is 0 Å². The lowest BCUT2D eigenvalue weighted by Gasteiger charge is -2.22. The number of halogens is 1. The molecular weight excluding hydrogens is 286 g/mol. The Morgan fingerprint density at radius 1 is 1.05 bits per heavy atom. The van der Waals surface area contributed by atoms with Gasteiger partial charge in [-0.3, -0.25) is 0 Å². The summed E-state index contributed by atoms with van der Waals surface area (Å²) >= 11 is 7.69. The summed E-state index contributed by atoms with van der Waals surface area (Å²) in [6, 6.07) is 14.3. The molecular formula is C17H20ClNS. The van der Waals surface area contributed by atoms with Gasteiger partial charge in [0.15, 0.2) is 0 Å². The van der Waals surface area contributed by atoms with Crippen molar-refractivity contribution in [3.05, 3.63) is 58.6 Å². The maximum Gasteiger partial charge on any atom is 0.0559 e. The normalized spacial score (nSPS) is 11.4. The Bertz CT molecular complexity index is 602. The number of hydrogen-bond donors (Lipinski definition) is 1. The van der Waals surface area contributed by atoms with Crippen molar-refractivity contribution in [3.63, 3.8) is 0 Å². The Labute approximate surface area is 130 Å². The third kappa shape index (κ3) is 3.71. The Morgan fingerprint density at radius 2 is 1.75 bits per heavy atom. The van der Waals surface area contributed by atoms with Crippen LogP contribution in [0.5, 0.6) is 0 Å². The summed E-state index contributed by atoms with van der Waals surface area (Å²) < 4.78 is 3.35. The Balaban J connectivity index is 2.12. The number of benzene rings is 2. The molecule has 0 aliphatic carbocycles. The van der Waals surface area contributed by atoms with E-state index < -0.39 is 0 Å². The highest BCUT2D eigenvalue weighted by atomic mass is 35.5. The minimum atomic E-state index is 0.179. The minimum Gasteiger partial charge on any atom is -0.326 e. The molecule has 0 spiro atoms. The predicted molar refractivity (Wildman–Crippen MR) is 90.8 cm³/mol. The molecule has 106 valence electrons. The van der Waals surface area contributed by atoms with Crippen LogP contribution in [0, 0.1) is 6.92 Å². The highest BCUT2D eigenvalue weighted by Crippen LogP contribution is 2.31. The highest BCUT2D eigenvalue weighted by Gasteiger charge is 2.16. The largest absolute Gasteiger partial charge is 0.326 e. The molecule has 0 saturated carbocycles. The standard InChI is InChI=1S/C17H20ClNS/c1-12-11-13(9-10-14(12)17(2,3)4)19-20-16-8-6-5-7-15(16)18/h5-11,19H,1-4H3. The molecule has 20 heavy (non-hydrogen) atoms. The first-order valence-corrected chi connectivity index (χ1v) is 7.86. The SMILES string of the molecule is Cc1cc(NSc2ccccc2Cl)ccc1C(C)(C)C. The Morgan fingerprint density at radius 3 is 2.35 bits per heavy atom. The molecule has 1 N–H and O–H groups in total. The molecule has 3 heteroatoms. The van der Waals surface area contributed by atoms with Crippen molar-refractivity contribution in [2.75, 3.05) is 4.72 Å². The summed E-state index contributed by atoms with van der Waals surface area (Å²) in [4.78, 5) is 1.03. The van der Waals surface area contributed by atoms with Gasteiger partial charge >= 0.3 is 0 Å². The third-order valence-electron chi connectivity index (χ3n) is 3.15. The van der Waals surface area contributed by atoms with Crippen molar-refractivity contribution in [1.29, 1.82) is 0 Å². The van der Waals surface area contributed by atoms with Crippen molar-refractivity contribution >= 4 is 29.2 Å². The Hall–Kier alpha value is -1.12. The van der Waals surface area contributed by atoms with Crippen LogP contribution in [0.1, 0.15) is 31.9 Å². The van der Waals surface area contributed by atoms with E-state index in [9.17, 15) is 0 Å². The fourth-order valence-corrected chi connectivity index (χ4v) is 3.13. The fraction of sp³-hybridized carbons (Fsp3) is 0.294. The van der Waals surface area contributed by atoms with E-state index in [0.717, 1.165) is 15.6 Å². The first-order valence-electron chi connectivity index (χ1n) is 6.66. The van der Waals surface area contributed by atoms with Gasteiger partial charge in [-0.1, -0.05) is 50.6 Å². The highest BCUT2D eigenvalue weighted by molar-refractivity contribution is 8.00. The molecule has 2 rings (SSSR count). The minimum absolute atomic E-state index is 0.179. The lowest BCUT2D eigenvalue weighted by atomic mass is 9.84. The topological polar surface area (TPSA) is 12.0 Å². The van der Waals surface area contributed by atoms with Crippen LogP contribution < -0.4 is 4.72 Å². The lowest BCUT2D eigenvalue weighted by molar-refractivity contribution is 0.586. The number of nitrogens with one attached hydrogen (secondary N) is 1. The zero-order valence-electron chi connectivity index (χ0n) is 12.3. The molecule has 0 aromatic heterocycles. The number of hydrogen-bond acceptors (Lipinski definition) is 2. The number of anilines is 1. The molecule has 0 unspecified atom stereocenters. The van der Waals surface area contributed by atoms with Gasteiger partial charge in [-0.15, -0.1) is 0 Å². The van der Waals surface area contributed by atoms with Gasteiger partial charge in [-0.2, -0.15) is 0 Å². The summed E-state index contributed by atoms with van der Waals surface area (Å²) in [6.45, 7) is 8.87. The molecule has 2 aromatic rings. The average molecular weight is 306 g/mol. The van der Waals surface area contributed by atoms with Gasteiger partial charge < -0.3 is 4.72 Å². The molecule has 0 saturated heterocycles. The van der Waals surface area contributed by atoms with Crippen molar-refractivity contribution in [2.45, 2.75) is 38.0 Å². The van der Waals surface area contributed by atoms with Gasteiger partial charge in [0, 0.05) is 10.6 Å². The maximum absolute atomic E-state index is 6.15. The molecule has 0 fully saturated rings. The van der Waals surface area contributed by atoms with E-state index in [1.807, 2.05) is 24.3 Å². The summed E-state index contributed by atoms with van der Waals surface area (Å²) in [6.07, 6.45) is 0. The van der Waals surface area contributed by atoms with Crippen LogP contribution >= 0.6 is 23.5 Å². The fourth-order valence-electron chi connectivity index (χ4n) is 2.21. The van der Waals surface area contributed by atoms with Gasteiger partial charge in [-0.05, 0) is 59.7 Å². The van der Waals surface area contributed by atoms with E-state index in [1.54, 1.807) is 11.9 Å². The second-order valence-corrected chi connectivity index (χ2v) is 7.17. The molecule has 0 amide bonds. The van der Waals surface area contributed by atoms with E-state index in [4.69, 9.17) is 11.6 Å². The van der Waals surface area contributed by atoms with Crippen LogP contribution in [0.3, 0.4) is 0 Å². The Kier molecular flexibility index (Phi) is 4.66. The summed E-state index contributed by atoms with van der Waals surface area (Å²) in [5.74, 6) is 0. The molecule has 1 nitrogen and oxygen atoms in total. The van der Waals surface area contributed by atoms with Crippen LogP contribution in [0.4, 0.5) is 5.69 Å². The van der Waals surface area contributed by atoms with Gasteiger partial charge in [0.2, 0.25) is 0 Å². The molecule has 0 aliphatic rings. The van der Waals surface area contributed by atoms with E-state index in [2.05, 4.69) is 50.6 Å². The predicted octanol–water partition coefficient (Wildman–Crippen LogP) is 6.07. The first-order chi connectivity index (χ1) is 9.38. The van der Waals surface area contributed by atoms with E-state index in [-0.39, 0.29) is 5.41 Å². The van der Waals surface area contributed by atoms with Gasteiger partial charge in [0.1, 0.15) is 0 Å². The second-order valence-electron chi connectivity index (χ2n) is 5.91. The van der Waals surface area contributed by atoms with Crippen LogP contribution in [0.2, 0.25) is 5.02 Å². The molecule has 0 radical (unpaired) electrons. The van der Waals surface area contributed by atoms with E-state index >= 15 is 0 Å². The molecule has 2 aromatic carbocycles. The smallest absolute Gasteiger partial charge is 0.0559 e. The molecule has 0 heterocycles. The molecule has 0 aliphatic heterocycles. The van der Waals surface area contributed by atoms with Crippen LogP contribution in [-0.4, -0.2) is 0 Å². The van der Waals surface area contributed by atoms with Crippen molar-refractivity contribution in [2.24, 2.45) is 0 Å². The summed E-state index contributed by atoms with van der Waals surface area (Å²) in [7, 11) is 0. The third-order valence-corrected chi connectivity index (χ3v) is 4.51. The van der Waals surface area contributed by atoms with Gasteiger partial charge in [0.25, 0.3) is 0 Å². The van der Waals surface area contributed by atoms with Crippen molar-refractivity contribution in [3.8, 4) is 0 Å². The number of rotatable bonds is 3. The quantitative estimate of drug-likeness (QED) is 0.691. The van der Waals surface area contributed by atoms with Gasteiger partial charge in [0.05, 0.1) is 5.02 Å². The molecule has 0 atom stereocenters. The first kappa shape index (κ1) is 15.3. The van der Waals surface area contributed by atoms with E-state index in [0.29, 0.717) is 0 Å². The zero-order valence-corrected chi connectivity index (χ0v) is 13.9. The van der Waals surface area contributed by atoms with E-state index in [1.165, 1.54) is 11.1 Å². The van der Waals surface area contributed by atoms with Crippen LogP contribution in [0.15, 0.2) is 47.4 Å². The van der Waals surface area contributed by atoms with Crippen molar-refractivity contribution in [1.82, 2.24) is 0 Å². The van der Waals surface area contributed by atoms with Crippen LogP contribution in [-0.2, 0) is 5.41 Å². The monoisotopic (exact) mass is 305 g/mol. The summed E-state index contributed by atoms with van der Waals surface area (Å²) in [5.41, 5.74) is 3.96. The molecule has 0 bridgehead atoms. The summed E-state index contributed by atoms with van der Waals surface area (Å²) in [5, 5.41) is 0.771. The lowest BCUT2D eigenvalue weighted by Crippen LogP contribution is -2.12. The zero-order chi connectivity index (χ0) is 14.8. The second kappa shape index (κ2) is 6.11. The van der Waals surface area contributed by atoms with Gasteiger partial charge in [-0.25, -0.2) is 0 Å².